The molecule has 10 heteroatoms. The van der Waals surface area contributed by atoms with Gasteiger partial charge in [-0.2, -0.15) is 0 Å². The molecular weight excluding hydrogens is 464 g/mol. The number of likely N-dealkylation sites (tertiary alicyclic amines) is 1. The number of nitrogens with zero attached hydrogens (tertiary/aromatic N) is 2. The van der Waals surface area contributed by atoms with Gasteiger partial charge in [-0.1, -0.05) is 24.3 Å². The number of nitrogens with two attached hydrogens (primary N) is 1. The van der Waals surface area contributed by atoms with E-state index in [-0.39, 0.29) is 12.2 Å². The molecule has 1 aromatic heterocycles. The van der Waals surface area contributed by atoms with Crippen LogP contribution in [-0.2, 0) is 16.0 Å². The predicted octanol–water partition coefficient (Wildman–Crippen LogP) is 2.63. The number of carbonyl (C=O) groups is 3. The summed E-state index contributed by atoms with van der Waals surface area (Å²) in [7, 11) is 3.07. The Morgan fingerprint density at radius 2 is 1.67 bits per heavy atom. The highest BCUT2D eigenvalue weighted by molar-refractivity contribution is 6.07. The van der Waals surface area contributed by atoms with Crippen LogP contribution in [0.2, 0.25) is 0 Å². The molecule has 4 N–H and O–H groups in total. The Balaban J connectivity index is 1.61. The molecule has 0 saturated carbocycles. The van der Waals surface area contributed by atoms with Gasteiger partial charge in [-0.25, -0.2) is 19.5 Å². The Kier molecular flexibility index (Phi) is 7.05. The minimum atomic E-state index is -1.32. The summed E-state index contributed by atoms with van der Waals surface area (Å²) in [5, 5.41) is 12.7. The maximum atomic E-state index is 13.3. The molecule has 3 amide bonds. The number of imide groups is 1. The number of ether oxygens (including phenoxy) is 2. The maximum Gasteiger partial charge on any atom is 0.327 e. The third-order valence-corrected chi connectivity index (χ3v) is 6.11. The van der Waals surface area contributed by atoms with Crippen molar-refractivity contribution < 1.29 is 29.0 Å². The summed E-state index contributed by atoms with van der Waals surface area (Å²) in [6.07, 6.45) is 1.61. The number of carboxylic acids is 1. The van der Waals surface area contributed by atoms with E-state index in [1.54, 1.807) is 60.7 Å². The van der Waals surface area contributed by atoms with E-state index < -0.39 is 35.9 Å². The first-order valence-electron chi connectivity index (χ1n) is 11.2. The Bertz CT molecular complexity index is 1250. The molecule has 3 aromatic rings. The fourth-order valence-electron chi connectivity index (χ4n) is 4.33. The van der Waals surface area contributed by atoms with Gasteiger partial charge in [0.05, 0.1) is 26.2 Å². The summed E-state index contributed by atoms with van der Waals surface area (Å²) in [5.74, 6) is -1.33. The fourth-order valence-corrected chi connectivity index (χ4v) is 4.33. The molecule has 4 rings (SSSR count). The molecule has 1 aliphatic rings. The molecule has 186 valence electrons. The van der Waals surface area contributed by atoms with Gasteiger partial charge >= 0.3 is 12.0 Å². The molecule has 2 atom stereocenters. The van der Waals surface area contributed by atoms with Gasteiger partial charge in [0.15, 0.2) is 6.04 Å². The molecule has 2 heterocycles. The number of urea groups is 1. The van der Waals surface area contributed by atoms with Gasteiger partial charge in [0.2, 0.25) is 5.91 Å². The first kappa shape index (κ1) is 24.5. The molecule has 0 spiro atoms. The van der Waals surface area contributed by atoms with Gasteiger partial charge in [-0.15, -0.1) is 0 Å². The number of rotatable bonds is 8. The molecule has 10 nitrogen and oxygen atoms in total. The lowest BCUT2D eigenvalue weighted by molar-refractivity contribution is -0.165. The number of aromatic nitrogens is 1. The third kappa shape index (κ3) is 4.92. The Morgan fingerprint density at radius 1 is 1.06 bits per heavy atom. The summed E-state index contributed by atoms with van der Waals surface area (Å²) < 4.78 is 10.6. The molecule has 0 unspecified atom stereocenters. The normalized spacial score (nSPS) is 16.9. The second kappa shape index (κ2) is 10.3. The van der Waals surface area contributed by atoms with Gasteiger partial charge in [-0.05, 0) is 59.5 Å². The average molecular weight is 491 g/mol. The molecule has 36 heavy (non-hydrogen) atoms. The number of pyridine rings is 1. The zero-order chi connectivity index (χ0) is 25.8. The molecule has 0 bridgehead atoms. The Labute approximate surface area is 207 Å². The van der Waals surface area contributed by atoms with Crippen LogP contribution in [-0.4, -0.2) is 53.2 Å². The molecule has 0 aliphatic carbocycles. The van der Waals surface area contributed by atoms with Crippen molar-refractivity contribution in [2.45, 2.75) is 18.5 Å². The highest BCUT2D eigenvalue weighted by Crippen LogP contribution is 2.33. The van der Waals surface area contributed by atoms with Crippen LogP contribution in [0.4, 0.5) is 10.6 Å². The summed E-state index contributed by atoms with van der Waals surface area (Å²) in [5.41, 5.74) is 7.73. The number of amides is 3. The first-order valence-corrected chi connectivity index (χ1v) is 11.2. The number of nitrogen functional groups attached to an aromatic ring is 1. The molecule has 1 aliphatic heterocycles. The number of carbonyl (C=O) groups excluding carboxylic acids is 2. The van der Waals surface area contributed by atoms with Gasteiger partial charge < -0.3 is 25.6 Å². The van der Waals surface area contributed by atoms with Crippen molar-refractivity contribution in [3.63, 3.8) is 0 Å². The number of nitrogens with one attached hydrogen (secondary N) is 1. The average Bonchev–Trinajstić information content (AvgIpc) is 2.88. The first-order chi connectivity index (χ1) is 17.3. The van der Waals surface area contributed by atoms with Crippen molar-refractivity contribution in [1.29, 1.82) is 0 Å². The molecule has 2 aromatic carbocycles. The van der Waals surface area contributed by atoms with Crippen molar-refractivity contribution >= 4 is 23.7 Å². The largest absolute Gasteiger partial charge is 0.497 e. The number of hydrogen-bond acceptors (Lipinski definition) is 7. The van der Waals surface area contributed by atoms with Crippen LogP contribution >= 0.6 is 0 Å². The third-order valence-electron chi connectivity index (χ3n) is 6.11. The van der Waals surface area contributed by atoms with E-state index >= 15 is 0 Å². The second-order valence-corrected chi connectivity index (χ2v) is 8.33. The minimum Gasteiger partial charge on any atom is -0.497 e. The van der Waals surface area contributed by atoms with E-state index in [0.717, 1.165) is 4.90 Å². The number of methoxy groups -OCH3 is 2. The standard InChI is InChI=1S/C26H26N4O6/c1-35-18-7-3-5-16(13-18)22(17-6-4-8-19(14-17)36-2)29-26(34)30-23(25(32)33)20(24(30)31)11-15-9-10-28-21(27)12-15/h3-10,12-14,20,22-23H,11H2,1-2H3,(H2,27,28)(H,29,34)(H,32,33)/t20-,23+/m1/s1. The number of anilines is 1. The lowest BCUT2D eigenvalue weighted by atomic mass is 9.82. The van der Waals surface area contributed by atoms with Gasteiger partial charge in [0.25, 0.3) is 0 Å². The number of β-lactam (4-membered cyclic amide) rings is 1. The van der Waals surface area contributed by atoms with Crippen LogP contribution < -0.4 is 20.5 Å². The number of hydrogen-bond donors (Lipinski definition) is 3. The number of benzene rings is 2. The van der Waals surface area contributed by atoms with Crippen molar-refractivity contribution in [1.82, 2.24) is 15.2 Å². The SMILES string of the molecule is COc1cccc(C(NC(=O)N2C(=O)[C@H](Cc3ccnc(N)c3)[C@H]2C(=O)O)c2cccc(OC)c2)c1. The molecular formula is C26H26N4O6. The molecule has 1 saturated heterocycles. The Hall–Kier alpha value is -4.60. The maximum absolute atomic E-state index is 13.3. The summed E-state index contributed by atoms with van der Waals surface area (Å²) >= 11 is 0. The quantitative estimate of drug-likeness (QED) is 0.409. The summed E-state index contributed by atoms with van der Waals surface area (Å²) in [6.45, 7) is 0. The second-order valence-electron chi connectivity index (χ2n) is 8.33. The highest BCUT2D eigenvalue weighted by Gasteiger charge is 2.55. The zero-order valence-corrected chi connectivity index (χ0v) is 19.8. The Morgan fingerprint density at radius 3 is 2.19 bits per heavy atom. The number of aliphatic carboxylic acids is 1. The van der Waals surface area contributed by atoms with E-state index in [9.17, 15) is 19.5 Å². The van der Waals surface area contributed by atoms with E-state index in [0.29, 0.717) is 28.2 Å². The van der Waals surface area contributed by atoms with E-state index in [4.69, 9.17) is 15.2 Å². The van der Waals surface area contributed by atoms with Gasteiger partial charge in [-0.3, -0.25) is 4.79 Å². The monoisotopic (exact) mass is 490 g/mol. The van der Waals surface area contributed by atoms with Crippen molar-refractivity contribution in [3.8, 4) is 11.5 Å². The van der Waals surface area contributed by atoms with Gasteiger partial charge in [0, 0.05) is 6.20 Å². The zero-order valence-electron chi connectivity index (χ0n) is 19.8. The lowest BCUT2D eigenvalue weighted by Gasteiger charge is -2.43. The van der Waals surface area contributed by atoms with Crippen molar-refractivity contribution in [2.75, 3.05) is 20.0 Å². The van der Waals surface area contributed by atoms with Crippen LogP contribution in [0, 0.1) is 5.92 Å². The number of carboxylic acid groups (broad SMARTS) is 1. The van der Waals surface area contributed by atoms with Crippen molar-refractivity contribution in [2.24, 2.45) is 5.92 Å². The van der Waals surface area contributed by atoms with E-state index in [1.165, 1.54) is 20.4 Å². The topological polar surface area (TPSA) is 144 Å². The highest BCUT2D eigenvalue weighted by atomic mass is 16.5. The summed E-state index contributed by atoms with van der Waals surface area (Å²) in [6, 6.07) is 14.6. The summed E-state index contributed by atoms with van der Waals surface area (Å²) in [4.78, 5) is 43.0. The lowest BCUT2D eigenvalue weighted by Crippen LogP contribution is -2.68. The smallest absolute Gasteiger partial charge is 0.327 e. The fraction of sp³-hybridized carbons (Fsp3) is 0.231. The molecule has 1 fully saturated rings. The minimum absolute atomic E-state index is 0.126. The van der Waals surface area contributed by atoms with E-state index in [1.807, 2.05) is 0 Å². The van der Waals surface area contributed by atoms with Crippen LogP contribution in [0.5, 0.6) is 11.5 Å². The predicted molar refractivity (Wildman–Crippen MR) is 130 cm³/mol. The van der Waals surface area contributed by atoms with E-state index in [2.05, 4.69) is 10.3 Å². The van der Waals surface area contributed by atoms with Crippen LogP contribution in [0.3, 0.4) is 0 Å². The van der Waals surface area contributed by atoms with Crippen LogP contribution in [0.25, 0.3) is 0 Å². The van der Waals surface area contributed by atoms with Crippen LogP contribution in [0.15, 0.2) is 66.9 Å². The van der Waals surface area contributed by atoms with Crippen LogP contribution in [0.1, 0.15) is 22.7 Å². The van der Waals surface area contributed by atoms with Crippen molar-refractivity contribution in [3.05, 3.63) is 83.6 Å². The molecule has 0 radical (unpaired) electrons. The van der Waals surface area contributed by atoms with Gasteiger partial charge in [0.1, 0.15) is 17.3 Å².